The first kappa shape index (κ1) is 18.2. The summed E-state index contributed by atoms with van der Waals surface area (Å²) in [7, 11) is 1.64. The molecule has 0 radical (unpaired) electrons. The van der Waals surface area contributed by atoms with Crippen LogP contribution >= 0.6 is 0 Å². The maximum atomic E-state index is 12.7. The lowest BCUT2D eigenvalue weighted by atomic mass is 9.99. The van der Waals surface area contributed by atoms with Gasteiger partial charge < -0.3 is 19.7 Å². The maximum absolute atomic E-state index is 12.7. The third-order valence-electron chi connectivity index (χ3n) is 5.07. The standard InChI is InChI=1S/C21H24N4O3/c1-27-17-7-9-18(10-8-17)28-14-15-4-3-11-25(13-15)21(26)23-19-6-2-5-16-12-22-24-20(16)19/h2,5-10,12,15H,3-4,11,13-14H2,1H3,(H,22,24)(H,23,26)/t15-/m1/s1. The quantitative estimate of drug-likeness (QED) is 0.704. The number of aromatic amines is 1. The normalized spacial score (nSPS) is 16.8. The molecule has 1 aromatic heterocycles. The highest BCUT2D eigenvalue weighted by molar-refractivity contribution is 5.99. The molecule has 0 saturated carbocycles. The number of H-pyrrole nitrogens is 1. The zero-order chi connectivity index (χ0) is 19.3. The number of piperidine rings is 1. The highest BCUT2D eigenvalue weighted by Gasteiger charge is 2.24. The van der Waals surface area contributed by atoms with Crippen molar-refractivity contribution < 1.29 is 14.3 Å². The molecule has 0 aliphatic carbocycles. The lowest BCUT2D eigenvalue weighted by Crippen LogP contribution is -2.43. The summed E-state index contributed by atoms with van der Waals surface area (Å²) in [4.78, 5) is 14.6. The molecule has 1 fully saturated rings. The summed E-state index contributed by atoms with van der Waals surface area (Å²) < 4.78 is 11.1. The molecular formula is C21H24N4O3. The second kappa shape index (κ2) is 8.21. The third-order valence-corrected chi connectivity index (χ3v) is 5.07. The Balaban J connectivity index is 1.33. The zero-order valence-corrected chi connectivity index (χ0v) is 15.9. The van der Waals surface area contributed by atoms with Crippen LogP contribution < -0.4 is 14.8 Å². The van der Waals surface area contributed by atoms with Crippen LogP contribution in [0.1, 0.15) is 12.8 Å². The maximum Gasteiger partial charge on any atom is 0.321 e. The number of likely N-dealkylation sites (tertiary alicyclic amines) is 1. The molecule has 7 nitrogen and oxygen atoms in total. The van der Waals surface area contributed by atoms with E-state index in [2.05, 4.69) is 15.5 Å². The summed E-state index contributed by atoms with van der Waals surface area (Å²) in [6.07, 6.45) is 3.77. The van der Waals surface area contributed by atoms with Crippen molar-refractivity contribution in [3.63, 3.8) is 0 Å². The molecule has 146 valence electrons. The van der Waals surface area contributed by atoms with Crippen molar-refractivity contribution in [2.75, 3.05) is 32.1 Å². The molecule has 2 N–H and O–H groups in total. The van der Waals surface area contributed by atoms with Gasteiger partial charge in [-0.1, -0.05) is 12.1 Å². The van der Waals surface area contributed by atoms with Crippen LogP contribution in [-0.2, 0) is 0 Å². The van der Waals surface area contributed by atoms with Crippen LogP contribution in [0, 0.1) is 5.92 Å². The number of nitrogens with one attached hydrogen (secondary N) is 2. The largest absolute Gasteiger partial charge is 0.497 e. The van der Waals surface area contributed by atoms with Gasteiger partial charge in [-0.25, -0.2) is 4.79 Å². The number of hydrogen-bond donors (Lipinski definition) is 2. The predicted molar refractivity (Wildman–Crippen MR) is 108 cm³/mol. The zero-order valence-electron chi connectivity index (χ0n) is 15.9. The first-order valence-electron chi connectivity index (χ1n) is 9.48. The lowest BCUT2D eigenvalue weighted by molar-refractivity contribution is 0.145. The molecule has 0 bridgehead atoms. The molecule has 4 rings (SSSR count). The minimum Gasteiger partial charge on any atom is -0.497 e. The molecule has 0 spiro atoms. The number of rotatable bonds is 5. The van der Waals surface area contributed by atoms with Gasteiger partial charge >= 0.3 is 6.03 Å². The molecule has 1 aliphatic rings. The monoisotopic (exact) mass is 380 g/mol. The summed E-state index contributed by atoms with van der Waals surface area (Å²) in [5.41, 5.74) is 1.59. The van der Waals surface area contributed by atoms with E-state index >= 15 is 0 Å². The summed E-state index contributed by atoms with van der Waals surface area (Å²) in [5.74, 6) is 1.93. The van der Waals surface area contributed by atoms with Gasteiger partial charge in [0, 0.05) is 24.4 Å². The van der Waals surface area contributed by atoms with Crippen molar-refractivity contribution in [2.45, 2.75) is 12.8 Å². The Morgan fingerprint density at radius 3 is 2.89 bits per heavy atom. The highest BCUT2D eigenvalue weighted by atomic mass is 16.5. The molecule has 1 atom stereocenters. The second-order valence-electron chi connectivity index (χ2n) is 7.01. The summed E-state index contributed by atoms with van der Waals surface area (Å²) >= 11 is 0. The fraction of sp³-hybridized carbons (Fsp3) is 0.333. The van der Waals surface area contributed by atoms with Gasteiger partial charge in [-0.3, -0.25) is 5.10 Å². The van der Waals surface area contributed by atoms with Crippen molar-refractivity contribution in [1.29, 1.82) is 0 Å². The smallest absolute Gasteiger partial charge is 0.321 e. The van der Waals surface area contributed by atoms with Crippen LogP contribution in [0.3, 0.4) is 0 Å². The number of methoxy groups -OCH3 is 1. The first-order chi connectivity index (χ1) is 13.7. The Bertz CT molecular complexity index is 938. The SMILES string of the molecule is COc1ccc(OC[C@@H]2CCCN(C(=O)Nc3cccc4cn[nH]c34)C2)cc1. The van der Waals surface area contributed by atoms with Gasteiger partial charge in [0.1, 0.15) is 11.5 Å². The molecule has 2 aromatic carbocycles. The Morgan fingerprint density at radius 2 is 2.07 bits per heavy atom. The Kier molecular flexibility index (Phi) is 5.32. The van der Waals surface area contributed by atoms with E-state index in [1.54, 1.807) is 13.3 Å². The molecular weight excluding hydrogens is 356 g/mol. The molecule has 3 aromatic rings. The van der Waals surface area contributed by atoms with Gasteiger partial charge in [-0.15, -0.1) is 0 Å². The van der Waals surface area contributed by atoms with Crippen molar-refractivity contribution in [3.8, 4) is 11.5 Å². The van der Waals surface area contributed by atoms with E-state index in [0.717, 1.165) is 47.5 Å². The van der Waals surface area contributed by atoms with Crippen LogP contribution in [0.4, 0.5) is 10.5 Å². The van der Waals surface area contributed by atoms with Crippen LogP contribution in [0.15, 0.2) is 48.7 Å². The topological polar surface area (TPSA) is 79.5 Å². The molecule has 1 aliphatic heterocycles. The van der Waals surface area contributed by atoms with Gasteiger partial charge in [-0.05, 0) is 43.2 Å². The predicted octanol–water partition coefficient (Wildman–Crippen LogP) is 3.89. The Morgan fingerprint density at radius 1 is 1.25 bits per heavy atom. The second-order valence-corrected chi connectivity index (χ2v) is 7.01. The van der Waals surface area contributed by atoms with Crippen molar-refractivity contribution in [1.82, 2.24) is 15.1 Å². The van der Waals surface area contributed by atoms with Crippen molar-refractivity contribution in [2.24, 2.45) is 5.92 Å². The van der Waals surface area contributed by atoms with Crippen LogP contribution in [0.25, 0.3) is 10.9 Å². The number of para-hydroxylation sites is 1. The van der Waals surface area contributed by atoms with Gasteiger partial charge in [-0.2, -0.15) is 5.10 Å². The average Bonchev–Trinajstić information content (AvgIpc) is 3.23. The molecule has 2 amide bonds. The Labute approximate surface area is 163 Å². The number of urea groups is 1. The van der Waals surface area contributed by atoms with Gasteiger partial charge in [0.2, 0.25) is 0 Å². The molecule has 28 heavy (non-hydrogen) atoms. The lowest BCUT2D eigenvalue weighted by Gasteiger charge is -2.32. The number of amides is 2. The number of ether oxygens (including phenoxy) is 2. The van der Waals surface area contributed by atoms with Crippen molar-refractivity contribution >= 4 is 22.6 Å². The van der Waals surface area contributed by atoms with Crippen molar-refractivity contribution in [3.05, 3.63) is 48.7 Å². The van der Waals surface area contributed by atoms with Gasteiger partial charge in [0.25, 0.3) is 0 Å². The summed E-state index contributed by atoms with van der Waals surface area (Å²) in [6, 6.07) is 13.2. The van der Waals surface area contributed by atoms with Crippen LogP contribution in [-0.4, -0.2) is 47.9 Å². The van der Waals surface area contributed by atoms with Gasteiger partial charge in [0.05, 0.1) is 31.1 Å². The molecule has 2 heterocycles. The fourth-order valence-corrected chi connectivity index (χ4v) is 3.54. The number of hydrogen-bond acceptors (Lipinski definition) is 4. The fourth-order valence-electron chi connectivity index (χ4n) is 3.54. The minimum atomic E-state index is -0.0868. The van der Waals surface area contributed by atoms with E-state index in [1.165, 1.54) is 0 Å². The summed E-state index contributed by atoms with van der Waals surface area (Å²) in [6.45, 7) is 2.02. The molecule has 7 heteroatoms. The van der Waals surface area contributed by atoms with Gasteiger partial charge in [0.15, 0.2) is 0 Å². The number of anilines is 1. The van der Waals surface area contributed by atoms with E-state index in [0.29, 0.717) is 19.1 Å². The Hall–Kier alpha value is -3.22. The average molecular weight is 380 g/mol. The van der Waals surface area contributed by atoms with E-state index in [-0.39, 0.29) is 6.03 Å². The number of benzene rings is 2. The number of aromatic nitrogens is 2. The van der Waals surface area contributed by atoms with E-state index in [1.807, 2.05) is 47.4 Å². The number of carbonyl (C=O) groups is 1. The highest BCUT2D eigenvalue weighted by Crippen LogP contribution is 2.23. The third kappa shape index (κ3) is 4.03. The van der Waals surface area contributed by atoms with Crippen LogP contribution in [0.5, 0.6) is 11.5 Å². The number of carbonyl (C=O) groups excluding carboxylic acids is 1. The summed E-state index contributed by atoms with van der Waals surface area (Å²) in [5, 5.41) is 11.0. The van der Waals surface area contributed by atoms with E-state index in [9.17, 15) is 4.79 Å². The van der Waals surface area contributed by atoms with E-state index < -0.39 is 0 Å². The number of fused-ring (bicyclic) bond motifs is 1. The van der Waals surface area contributed by atoms with E-state index in [4.69, 9.17) is 9.47 Å². The number of nitrogens with zero attached hydrogens (tertiary/aromatic N) is 2. The first-order valence-corrected chi connectivity index (χ1v) is 9.48. The minimum absolute atomic E-state index is 0.0868. The molecule has 1 saturated heterocycles. The van der Waals surface area contributed by atoms with Crippen LogP contribution in [0.2, 0.25) is 0 Å². The molecule has 0 unspecified atom stereocenters.